The molecule has 0 aliphatic heterocycles. The molecular formula is C22H21N5OS2. The molecule has 4 aromatic rings. The van der Waals surface area contributed by atoms with E-state index >= 15 is 0 Å². The number of thiazole rings is 1. The van der Waals surface area contributed by atoms with E-state index in [4.69, 9.17) is 0 Å². The van der Waals surface area contributed by atoms with Crippen molar-refractivity contribution in [2.45, 2.75) is 31.2 Å². The Kier molecular flexibility index (Phi) is 5.96. The predicted octanol–water partition coefficient (Wildman–Crippen LogP) is 5.13. The minimum absolute atomic E-state index is 0.120. The number of benzene rings is 2. The summed E-state index contributed by atoms with van der Waals surface area (Å²) in [5, 5.41) is 14.3. The van der Waals surface area contributed by atoms with Crippen LogP contribution in [-0.2, 0) is 4.79 Å². The van der Waals surface area contributed by atoms with Crippen molar-refractivity contribution >= 4 is 34.1 Å². The molecule has 0 aliphatic rings. The number of hydrogen-bond donors (Lipinski definition) is 1. The Bertz CT molecular complexity index is 1170. The molecule has 0 aliphatic carbocycles. The van der Waals surface area contributed by atoms with Crippen LogP contribution in [0.2, 0.25) is 0 Å². The zero-order valence-corrected chi connectivity index (χ0v) is 18.5. The summed E-state index contributed by atoms with van der Waals surface area (Å²) in [6, 6.07) is 18.0. The summed E-state index contributed by atoms with van der Waals surface area (Å²) in [5.41, 5.74) is 4.02. The topological polar surface area (TPSA) is 72.7 Å². The van der Waals surface area contributed by atoms with Gasteiger partial charge in [-0.25, -0.2) is 4.98 Å². The van der Waals surface area contributed by atoms with Crippen LogP contribution in [0.15, 0.2) is 65.1 Å². The van der Waals surface area contributed by atoms with E-state index in [2.05, 4.69) is 26.6 Å². The van der Waals surface area contributed by atoms with Gasteiger partial charge in [0, 0.05) is 16.6 Å². The minimum Gasteiger partial charge on any atom is -0.301 e. The van der Waals surface area contributed by atoms with Crippen molar-refractivity contribution in [3.8, 4) is 16.9 Å². The van der Waals surface area contributed by atoms with Gasteiger partial charge in [0.2, 0.25) is 5.91 Å². The predicted molar refractivity (Wildman–Crippen MR) is 122 cm³/mol. The van der Waals surface area contributed by atoms with Gasteiger partial charge in [0.1, 0.15) is 5.82 Å². The Balaban J connectivity index is 1.47. The van der Waals surface area contributed by atoms with Crippen LogP contribution in [0.25, 0.3) is 16.9 Å². The van der Waals surface area contributed by atoms with Crippen LogP contribution < -0.4 is 5.32 Å². The maximum atomic E-state index is 12.7. The molecule has 0 saturated heterocycles. The Morgan fingerprint density at radius 3 is 2.67 bits per heavy atom. The van der Waals surface area contributed by atoms with Gasteiger partial charge in [0.05, 0.1) is 10.9 Å². The monoisotopic (exact) mass is 435 g/mol. The van der Waals surface area contributed by atoms with Crippen molar-refractivity contribution < 1.29 is 4.79 Å². The summed E-state index contributed by atoms with van der Waals surface area (Å²) in [5.74, 6) is 0.661. The third-order valence-corrected chi connectivity index (χ3v) is 6.31. The van der Waals surface area contributed by atoms with Crippen LogP contribution >= 0.6 is 23.1 Å². The number of carbonyl (C=O) groups is 1. The molecule has 1 unspecified atom stereocenters. The SMILES string of the molecule is Cc1cccc(-n2c(C)nnc2SC(C)C(=O)Nc2nc(-c3ccccc3)cs2)c1. The Morgan fingerprint density at radius 2 is 1.90 bits per heavy atom. The number of hydrogen-bond acceptors (Lipinski definition) is 6. The zero-order valence-electron chi connectivity index (χ0n) is 16.9. The first kappa shape index (κ1) is 20.3. The fraction of sp³-hybridized carbons (Fsp3) is 0.182. The maximum Gasteiger partial charge on any atom is 0.239 e. The van der Waals surface area contributed by atoms with Crippen LogP contribution in [0, 0.1) is 13.8 Å². The van der Waals surface area contributed by atoms with Crippen molar-refractivity contribution in [1.29, 1.82) is 0 Å². The highest BCUT2D eigenvalue weighted by atomic mass is 32.2. The van der Waals surface area contributed by atoms with E-state index in [0.29, 0.717) is 10.3 Å². The van der Waals surface area contributed by atoms with E-state index in [1.54, 1.807) is 0 Å². The second kappa shape index (κ2) is 8.81. The molecule has 2 heterocycles. The lowest BCUT2D eigenvalue weighted by molar-refractivity contribution is -0.115. The van der Waals surface area contributed by atoms with Crippen LogP contribution in [0.5, 0.6) is 0 Å². The van der Waals surface area contributed by atoms with E-state index in [0.717, 1.165) is 28.3 Å². The van der Waals surface area contributed by atoms with Crippen molar-refractivity contribution in [3.05, 3.63) is 71.4 Å². The molecule has 1 amide bonds. The first-order chi connectivity index (χ1) is 14.5. The average Bonchev–Trinajstić information content (AvgIpc) is 3.35. The van der Waals surface area contributed by atoms with Gasteiger partial charge in [-0.1, -0.05) is 54.2 Å². The molecule has 0 bridgehead atoms. The number of aromatic nitrogens is 4. The second-order valence-corrected chi connectivity index (χ2v) is 9.02. The van der Waals surface area contributed by atoms with E-state index < -0.39 is 0 Å². The molecule has 0 spiro atoms. The third-order valence-electron chi connectivity index (χ3n) is 4.51. The van der Waals surface area contributed by atoms with Gasteiger partial charge in [-0.2, -0.15) is 0 Å². The maximum absolute atomic E-state index is 12.7. The van der Waals surface area contributed by atoms with Gasteiger partial charge in [-0.05, 0) is 38.5 Å². The minimum atomic E-state index is -0.360. The molecular weight excluding hydrogens is 414 g/mol. The van der Waals surface area contributed by atoms with Crippen LogP contribution in [0.1, 0.15) is 18.3 Å². The smallest absolute Gasteiger partial charge is 0.239 e. The largest absolute Gasteiger partial charge is 0.301 e. The number of rotatable bonds is 6. The van der Waals surface area contributed by atoms with Gasteiger partial charge in [0.15, 0.2) is 10.3 Å². The van der Waals surface area contributed by atoms with Gasteiger partial charge in [0.25, 0.3) is 0 Å². The first-order valence-electron chi connectivity index (χ1n) is 9.49. The number of amides is 1. The van der Waals surface area contributed by atoms with Crippen molar-refractivity contribution in [2.75, 3.05) is 5.32 Å². The third kappa shape index (κ3) is 4.44. The lowest BCUT2D eigenvalue weighted by Gasteiger charge is -2.12. The Hall–Kier alpha value is -2.97. The number of anilines is 1. The molecule has 30 heavy (non-hydrogen) atoms. The summed E-state index contributed by atoms with van der Waals surface area (Å²) in [4.78, 5) is 17.3. The lowest BCUT2D eigenvalue weighted by Crippen LogP contribution is -2.22. The van der Waals surface area contributed by atoms with Crippen molar-refractivity contribution in [3.63, 3.8) is 0 Å². The highest BCUT2D eigenvalue weighted by Crippen LogP contribution is 2.28. The molecule has 0 radical (unpaired) electrons. The molecule has 2 aromatic carbocycles. The van der Waals surface area contributed by atoms with Crippen LogP contribution in [-0.4, -0.2) is 30.9 Å². The van der Waals surface area contributed by atoms with E-state index in [9.17, 15) is 4.79 Å². The normalized spacial score (nSPS) is 12.0. The highest BCUT2D eigenvalue weighted by Gasteiger charge is 2.21. The molecule has 6 nitrogen and oxygen atoms in total. The highest BCUT2D eigenvalue weighted by molar-refractivity contribution is 8.00. The van der Waals surface area contributed by atoms with Gasteiger partial charge < -0.3 is 5.32 Å². The quantitative estimate of drug-likeness (QED) is 0.425. The van der Waals surface area contributed by atoms with E-state index in [1.807, 2.05) is 79.2 Å². The standard InChI is InChI=1S/C22H21N5OS2/c1-14-8-7-11-18(12-14)27-16(3)25-26-22(27)30-15(2)20(28)24-21-23-19(13-29-21)17-9-5-4-6-10-17/h4-13,15H,1-3H3,(H,23,24,28). The van der Waals surface area contributed by atoms with Gasteiger partial charge in [-0.15, -0.1) is 21.5 Å². The molecule has 0 fully saturated rings. The summed E-state index contributed by atoms with van der Waals surface area (Å²) < 4.78 is 1.97. The lowest BCUT2D eigenvalue weighted by atomic mass is 10.2. The fourth-order valence-electron chi connectivity index (χ4n) is 2.97. The summed E-state index contributed by atoms with van der Waals surface area (Å²) in [7, 11) is 0. The van der Waals surface area contributed by atoms with Crippen molar-refractivity contribution in [2.24, 2.45) is 0 Å². The number of nitrogens with zero attached hydrogens (tertiary/aromatic N) is 4. The number of aryl methyl sites for hydroxylation is 2. The number of thioether (sulfide) groups is 1. The summed E-state index contributed by atoms with van der Waals surface area (Å²) >= 11 is 2.79. The van der Waals surface area contributed by atoms with E-state index in [-0.39, 0.29) is 11.2 Å². The Morgan fingerprint density at radius 1 is 1.10 bits per heavy atom. The summed E-state index contributed by atoms with van der Waals surface area (Å²) in [6.45, 7) is 5.81. The van der Waals surface area contributed by atoms with Gasteiger partial charge >= 0.3 is 0 Å². The average molecular weight is 436 g/mol. The second-order valence-electron chi connectivity index (χ2n) is 6.86. The number of nitrogens with one attached hydrogen (secondary N) is 1. The molecule has 8 heteroatoms. The molecule has 1 N–H and O–H groups in total. The molecule has 152 valence electrons. The first-order valence-corrected chi connectivity index (χ1v) is 11.2. The van der Waals surface area contributed by atoms with Crippen LogP contribution in [0.3, 0.4) is 0 Å². The molecule has 0 saturated carbocycles. The van der Waals surface area contributed by atoms with Gasteiger partial charge in [-0.3, -0.25) is 9.36 Å². The number of carbonyl (C=O) groups excluding carboxylic acids is 1. The van der Waals surface area contributed by atoms with Crippen molar-refractivity contribution in [1.82, 2.24) is 19.7 Å². The molecule has 2 aromatic heterocycles. The molecule has 1 atom stereocenters. The zero-order chi connectivity index (χ0) is 21.1. The molecule has 4 rings (SSSR count). The fourth-order valence-corrected chi connectivity index (χ4v) is 4.61. The summed E-state index contributed by atoms with van der Waals surface area (Å²) in [6.07, 6.45) is 0. The van der Waals surface area contributed by atoms with E-state index in [1.165, 1.54) is 23.1 Å². The Labute approximate surface area is 183 Å². The van der Waals surface area contributed by atoms with Crippen LogP contribution in [0.4, 0.5) is 5.13 Å².